The van der Waals surface area contributed by atoms with Crippen LogP contribution in [0.1, 0.15) is 20.3 Å². The molecule has 0 spiro atoms. The number of nitrogens with two attached hydrogens (primary N) is 1. The lowest BCUT2D eigenvalue weighted by Crippen LogP contribution is -2.26. The maximum atomic E-state index is 5.69. The van der Waals surface area contributed by atoms with Gasteiger partial charge in [0.15, 0.2) is 0 Å². The van der Waals surface area contributed by atoms with Crippen molar-refractivity contribution in [1.29, 1.82) is 0 Å². The van der Waals surface area contributed by atoms with E-state index in [0.717, 1.165) is 12.2 Å². The molecule has 0 aliphatic rings. The molecule has 0 aliphatic heterocycles. The molecule has 0 amide bonds. The van der Waals surface area contributed by atoms with Gasteiger partial charge in [-0.15, -0.1) is 0 Å². The average molecular weight is 179 g/mol. The minimum atomic E-state index is 0.228. The molecule has 0 fully saturated rings. The van der Waals surface area contributed by atoms with E-state index in [-0.39, 0.29) is 6.04 Å². The van der Waals surface area contributed by atoms with Crippen molar-refractivity contribution in [2.75, 3.05) is 5.32 Å². The highest BCUT2D eigenvalue weighted by molar-refractivity contribution is 5.34. The van der Waals surface area contributed by atoms with Gasteiger partial charge in [-0.05, 0) is 32.4 Å². The van der Waals surface area contributed by atoms with Gasteiger partial charge in [0.2, 0.25) is 0 Å². The molecule has 3 nitrogen and oxygen atoms in total. The summed E-state index contributed by atoms with van der Waals surface area (Å²) in [6.45, 7) is 4.12. The molecule has 1 rings (SSSR count). The topological polar surface area (TPSA) is 50.9 Å². The van der Waals surface area contributed by atoms with Gasteiger partial charge in [-0.25, -0.2) is 4.98 Å². The number of nitrogens with zero attached hydrogens (tertiary/aromatic N) is 1. The van der Waals surface area contributed by atoms with Gasteiger partial charge in [-0.1, -0.05) is 6.07 Å². The third-order valence-electron chi connectivity index (χ3n) is 1.78. The van der Waals surface area contributed by atoms with E-state index in [9.17, 15) is 0 Å². The van der Waals surface area contributed by atoms with E-state index in [1.54, 1.807) is 6.20 Å². The van der Waals surface area contributed by atoms with E-state index in [0.29, 0.717) is 6.04 Å². The van der Waals surface area contributed by atoms with E-state index in [2.05, 4.69) is 17.2 Å². The summed E-state index contributed by atoms with van der Waals surface area (Å²) in [7, 11) is 0. The van der Waals surface area contributed by atoms with Gasteiger partial charge in [0.1, 0.15) is 5.82 Å². The fourth-order valence-corrected chi connectivity index (χ4v) is 1.32. The van der Waals surface area contributed by atoms with Crippen LogP contribution in [0.2, 0.25) is 0 Å². The number of nitrogens with one attached hydrogen (secondary N) is 1. The van der Waals surface area contributed by atoms with Crippen LogP contribution in [0.5, 0.6) is 0 Å². The van der Waals surface area contributed by atoms with Crippen LogP contribution in [0.15, 0.2) is 24.4 Å². The molecule has 0 aliphatic carbocycles. The fraction of sp³-hybridized carbons (Fsp3) is 0.500. The van der Waals surface area contributed by atoms with Crippen LogP contribution in [0.4, 0.5) is 5.82 Å². The predicted octanol–water partition coefficient (Wildman–Crippen LogP) is 1.62. The number of rotatable bonds is 4. The Labute approximate surface area is 79.4 Å². The molecule has 0 bridgehead atoms. The quantitative estimate of drug-likeness (QED) is 0.738. The van der Waals surface area contributed by atoms with Gasteiger partial charge in [0, 0.05) is 18.3 Å². The lowest BCUT2D eigenvalue weighted by molar-refractivity contribution is 0.603. The number of pyridine rings is 1. The van der Waals surface area contributed by atoms with Gasteiger partial charge in [-0.3, -0.25) is 0 Å². The minimum absolute atomic E-state index is 0.228. The monoisotopic (exact) mass is 179 g/mol. The van der Waals surface area contributed by atoms with Crippen LogP contribution in [0, 0.1) is 0 Å². The van der Waals surface area contributed by atoms with Gasteiger partial charge >= 0.3 is 0 Å². The van der Waals surface area contributed by atoms with E-state index in [1.807, 2.05) is 25.1 Å². The molecule has 72 valence electrons. The Morgan fingerprint density at radius 2 is 2.23 bits per heavy atom. The SMILES string of the molecule is CC(N)CC(C)Nc1ccccn1. The molecule has 0 aromatic carbocycles. The molecule has 2 unspecified atom stereocenters. The Kier molecular flexibility index (Phi) is 3.71. The van der Waals surface area contributed by atoms with Crippen molar-refractivity contribution in [2.45, 2.75) is 32.4 Å². The summed E-state index contributed by atoms with van der Waals surface area (Å²) in [5.74, 6) is 0.913. The summed E-state index contributed by atoms with van der Waals surface area (Å²) in [5.41, 5.74) is 5.69. The molecule has 3 heteroatoms. The molecular weight excluding hydrogens is 162 g/mol. The van der Waals surface area contributed by atoms with Crippen molar-refractivity contribution in [2.24, 2.45) is 5.73 Å². The van der Waals surface area contributed by atoms with Crippen LogP contribution in [0.3, 0.4) is 0 Å². The van der Waals surface area contributed by atoms with Crippen molar-refractivity contribution in [3.63, 3.8) is 0 Å². The zero-order valence-electron chi connectivity index (χ0n) is 8.20. The molecule has 2 atom stereocenters. The Morgan fingerprint density at radius 1 is 1.46 bits per heavy atom. The van der Waals surface area contributed by atoms with Crippen molar-refractivity contribution >= 4 is 5.82 Å². The largest absolute Gasteiger partial charge is 0.368 e. The Balaban J connectivity index is 2.41. The Hall–Kier alpha value is -1.09. The van der Waals surface area contributed by atoms with Gasteiger partial charge < -0.3 is 11.1 Å². The molecule has 13 heavy (non-hydrogen) atoms. The first kappa shape index (κ1) is 9.99. The number of aromatic nitrogens is 1. The highest BCUT2D eigenvalue weighted by Crippen LogP contribution is 2.05. The summed E-state index contributed by atoms with van der Waals surface area (Å²) in [5, 5.41) is 3.28. The van der Waals surface area contributed by atoms with Crippen molar-refractivity contribution in [3.05, 3.63) is 24.4 Å². The minimum Gasteiger partial charge on any atom is -0.368 e. The Bertz CT molecular complexity index is 233. The van der Waals surface area contributed by atoms with E-state index in [4.69, 9.17) is 5.73 Å². The lowest BCUT2D eigenvalue weighted by atomic mass is 10.1. The van der Waals surface area contributed by atoms with Gasteiger partial charge in [-0.2, -0.15) is 0 Å². The average Bonchev–Trinajstić information content (AvgIpc) is 2.04. The second-order valence-corrected chi connectivity index (χ2v) is 3.47. The third kappa shape index (κ3) is 3.90. The standard InChI is InChI=1S/C10H17N3/c1-8(11)7-9(2)13-10-5-3-4-6-12-10/h3-6,8-9H,7,11H2,1-2H3,(H,12,13). The number of anilines is 1. The molecule has 0 saturated heterocycles. The number of hydrogen-bond acceptors (Lipinski definition) is 3. The maximum Gasteiger partial charge on any atom is 0.126 e. The highest BCUT2D eigenvalue weighted by Gasteiger charge is 2.04. The first-order chi connectivity index (χ1) is 6.18. The summed E-state index contributed by atoms with van der Waals surface area (Å²) < 4.78 is 0. The molecule has 3 N–H and O–H groups in total. The van der Waals surface area contributed by atoms with E-state index >= 15 is 0 Å². The molecular formula is C10H17N3. The molecule has 0 saturated carbocycles. The summed E-state index contributed by atoms with van der Waals surface area (Å²) in [4.78, 5) is 4.17. The maximum absolute atomic E-state index is 5.69. The lowest BCUT2D eigenvalue weighted by Gasteiger charge is -2.15. The zero-order valence-corrected chi connectivity index (χ0v) is 8.20. The number of hydrogen-bond donors (Lipinski definition) is 2. The smallest absolute Gasteiger partial charge is 0.126 e. The van der Waals surface area contributed by atoms with Gasteiger partial charge in [0.25, 0.3) is 0 Å². The van der Waals surface area contributed by atoms with Crippen LogP contribution in [-0.4, -0.2) is 17.1 Å². The summed E-state index contributed by atoms with van der Waals surface area (Å²) in [6.07, 6.45) is 2.73. The normalized spacial score (nSPS) is 15.0. The fourth-order valence-electron chi connectivity index (χ4n) is 1.32. The zero-order chi connectivity index (χ0) is 9.68. The third-order valence-corrected chi connectivity index (χ3v) is 1.78. The Morgan fingerprint density at radius 3 is 2.77 bits per heavy atom. The second kappa shape index (κ2) is 4.82. The first-order valence-electron chi connectivity index (χ1n) is 4.61. The van der Waals surface area contributed by atoms with Crippen LogP contribution in [0.25, 0.3) is 0 Å². The van der Waals surface area contributed by atoms with Crippen molar-refractivity contribution in [1.82, 2.24) is 4.98 Å². The van der Waals surface area contributed by atoms with Crippen LogP contribution < -0.4 is 11.1 Å². The second-order valence-electron chi connectivity index (χ2n) is 3.47. The summed E-state index contributed by atoms with van der Waals surface area (Å²) >= 11 is 0. The molecule has 1 aromatic heterocycles. The van der Waals surface area contributed by atoms with E-state index < -0.39 is 0 Å². The van der Waals surface area contributed by atoms with E-state index in [1.165, 1.54) is 0 Å². The molecule has 1 aromatic rings. The van der Waals surface area contributed by atoms with Crippen molar-refractivity contribution < 1.29 is 0 Å². The summed E-state index contributed by atoms with van der Waals surface area (Å²) in [6, 6.07) is 6.42. The van der Waals surface area contributed by atoms with Crippen molar-refractivity contribution in [3.8, 4) is 0 Å². The van der Waals surface area contributed by atoms with Gasteiger partial charge in [0.05, 0.1) is 0 Å². The molecule has 0 radical (unpaired) electrons. The van der Waals surface area contributed by atoms with Crippen LogP contribution >= 0.6 is 0 Å². The highest BCUT2D eigenvalue weighted by atomic mass is 15.0. The first-order valence-corrected chi connectivity index (χ1v) is 4.61. The van der Waals surface area contributed by atoms with Crippen LogP contribution in [-0.2, 0) is 0 Å². The predicted molar refractivity (Wildman–Crippen MR) is 55.6 cm³/mol. The molecule has 1 heterocycles.